The van der Waals surface area contributed by atoms with Crippen molar-refractivity contribution in [3.63, 3.8) is 0 Å². The van der Waals surface area contributed by atoms with Gasteiger partial charge in [0, 0.05) is 11.0 Å². The SMILES string of the molecule is CCNc1nc(OCC)nc(Oc2ccc(Br)cc2F)n1. The molecule has 0 spiro atoms. The summed E-state index contributed by atoms with van der Waals surface area (Å²) in [6, 6.07) is 4.53. The molecule has 0 bridgehead atoms. The fourth-order valence-electron chi connectivity index (χ4n) is 1.47. The van der Waals surface area contributed by atoms with Gasteiger partial charge in [-0.3, -0.25) is 0 Å². The molecule has 1 heterocycles. The normalized spacial score (nSPS) is 10.3. The van der Waals surface area contributed by atoms with Gasteiger partial charge in [-0.15, -0.1) is 4.98 Å². The Morgan fingerprint density at radius 1 is 1.19 bits per heavy atom. The van der Waals surface area contributed by atoms with Gasteiger partial charge in [-0.2, -0.15) is 9.97 Å². The van der Waals surface area contributed by atoms with Gasteiger partial charge in [-0.25, -0.2) is 4.39 Å². The fourth-order valence-corrected chi connectivity index (χ4v) is 1.80. The molecule has 6 nitrogen and oxygen atoms in total. The van der Waals surface area contributed by atoms with Crippen LogP contribution in [-0.2, 0) is 0 Å². The maximum atomic E-state index is 13.8. The number of nitrogens with zero attached hydrogens (tertiary/aromatic N) is 3. The van der Waals surface area contributed by atoms with E-state index >= 15 is 0 Å². The van der Waals surface area contributed by atoms with Crippen LogP contribution >= 0.6 is 15.9 Å². The summed E-state index contributed by atoms with van der Waals surface area (Å²) in [6.07, 6.45) is 0. The second-order valence-corrected chi connectivity index (χ2v) is 4.78. The Labute approximate surface area is 129 Å². The minimum Gasteiger partial charge on any atom is -0.464 e. The molecule has 21 heavy (non-hydrogen) atoms. The van der Waals surface area contributed by atoms with Crippen LogP contribution in [0.3, 0.4) is 0 Å². The van der Waals surface area contributed by atoms with E-state index in [2.05, 4.69) is 36.2 Å². The van der Waals surface area contributed by atoms with E-state index in [1.165, 1.54) is 12.1 Å². The topological polar surface area (TPSA) is 69.2 Å². The number of aromatic nitrogens is 3. The van der Waals surface area contributed by atoms with Crippen molar-refractivity contribution in [1.29, 1.82) is 0 Å². The molecule has 1 aromatic carbocycles. The molecule has 2 aromatic rings. The molecule has 0 fully saturated rings. The van der Waals surface area contributed by atoms with Crippen molar-refractivity contribution in [2.24, 2.45) is 0 Å². The Kier molecular flexibility index (Phi) is 5.26. The predicted octanol–water partition coefficient (Wildman–Crippen LogP) is 3.40. The van der Waals surface area contributed by atoms with E-state index in [9.17, 15) is 4.39 Å². The van der Waals surface area contributed by atoms with Gasteiger partial charge >= 0.3 is 12.0 Å². The van der Waals surface area contributed by atoms with Gasteiger partial charge in [0.1, 0.15) is 0 Å². The minimum atomic E-state index is -0.521. The van der Waals surface area contributed by atoms with E-state index in [0.717, 1.165) is 0 Å². The van der Waals surface area contributed by atoms with E-state index in [1.807, 2.05) is 13.8 Å². The molecule has 2 rings (SSSR count). The first-order chi connectivity index (χ1) is 10.1. The van der Waals surface area contributed by atoms with E-state index < -0.39 is 5.82 Å². The Morgan fingerprint density at radius 3 is 2.62 bits per heavy atom. The minimum absolute atomic E-state index is 0.0225. The highest BCUT2D eigenvalue weighted by atomic mass is 79.9. The van der Waals surface area contributed by atoms with Crippen LogP contribution in [0.2, 0.25) is 0 Å². The molecule has 0 aliphatic heterocycles. The van der Waals surface area contributed by atoms with Crippen molar-refractivity contribution in [2.75, 3.05) is 18.5 Å². The zero-order valence-corrected chi connectivity index (χ0v) is 13.1. The highest BCUT2D eigenvalue weighted by molar-refractivity contribution is 9.10. The average molecular weight is 357 g/mol. The first-order valence-electron chi connectivity index (χ1n) is 6.38. The van der Waals surface area contributed by atoms with Crippen molar-refractivity contribution < 1.29 is 13.9 Å². The third-order valence-electron chi connectivity index (χ3n) is 2.30. The van der Waals surface area contributed by atoms with Crippen LogP contribution in [0.25, 0.3) is 0 Å². The first kappa shape index (κ1) is 15.4. The number of anilines is 1. The van der Waals surface area contributed by atoms with Gasteiger partial charge in [0.15, 0.2) is 11.6 Å². The second kappa shape index (κ2) is 7.16. The number of hydrogen-bond donors (Lipinski definition) is 1. The molecular formula is C13H14BrFN4O2. The van der Waals surface area contributed by atoms with Crippen molar-refractivity contribution in [3.05, 3.63) is 28.5 Å². The summed E-state index contributed by atoms with van der Waals surface area (Å²) in [7, 11) is 0. The number of nitrogens with one attached hydrogen (secondary N) is 1. The van der Waals surface area contributed by atoms with Gasteiger partial charge < -0.3 is 14.8 Å². The van der Waals surface area contributed by atoms with Crippen LogP contribution in [-0.4, -0.2) is 28.1 Å². The number of halogens is 2. The number of ether oxygens (including phenoxy) is 2. The lowest BCUT2D eigenvalue weighted by Gasteiger charge is -2.09. The monoisotopic (exact) mass is 356 g/mol. The standard InChI is InChI=1S/C13H14BrFN4O2/c1-3-16-11-17-12(20-4-2)19-13(18-11)21-10-6-5-8(14)7-9(10)15/h5-7H,3-4H2,1-2H3,(H,16,17,18,19). The van der Waals surface area contributed by atoms with Gasteiger partial charge in [-0.05, 0) is 32.0 Å². The third-order valence-corrected chi connectivity index (χ3v) is 2.79. The van der Waals surface area contributed by atoms with E-state index in [1.54, 1.807) is 6.07 Å². The lowest BCUT2D eigenvalue weighted by molar-refractivity contribution is 0.302. The van der Waals surface area contributed by atoms with Crippen LogP contribution in [0, 0.1) is 5.82 Å². The molecule has 0 amide bonds. The van der Waals surface area contributed by atoms with Crippen LogP contribution in [0.1, 0.15) is 13.8 Å². The molecule has 0 radical (unpaired) electrons. The lowest BCUT2D eigenvalue weighted by Crippen LogP contribution is -2.07. The highest BCUT2D eigenvalue weighted by Crippen LogP contribution is 2.26. The number of rotatable bonds is 6. The Hall–Kier alpha value is -1.96. The average Bonchev–Trinajstić information content (AvgIpc) is 2.42. The molecule has 112 valence electrons. The van der Waals surface area contributed by atoms with Crippen molar-refractivity contribution in [2.45, 2.75) is 13.8 Å². The van der Waals surface area contributed by atoms with Crippen LogP contribution in [0.4, 0.5) is 10.3 Å². The summed E-state index contributed by atoms with van der Waals surface area (Å²) in [5.74, 6) is -0.189. The summed E-state index contributed by atoms with van der Waals surface area (Å²) in [6.45, 7) is 4.74. The molecule has 0 atom stereocenters. The first-order valence-corrected chi connectivity index (χ1v) is 7.17. The molecule has 0 saturated heterocycles. The van der Waals surface area contributed by atoms with E-state index in [4.69, 9.17) is 9.47 Å². The summed E-state index contributed by atoms with van der Waals surface area (Å²) in [4.78, 5) is 12.1. The van der Waals surface area contributed by atoms with Crippen LogP contribution in [0.5, 0.6) is 17.8 Å². The zero-order valence-electron chi connectivity index (χ0n) is 11.6. The van der Waals surface area contributed by atoms with E-state index in [0.29, 0.717) is 23.6 Å². The van der Waals surface area contributed by atoms with Gasteiger partial charge in [-0.1, -0.05) is 15.9 Å². The summed E-state index contributed by atoms with van der Waals surface area (Å²) < 4.78 is 25.0. The Morgan fingerprint density at radius 2 is 1.95 bits per heavy atom. The number of hydrogen-bond acceptors (Lipinski definition) is 6. The van der Waals surface area contributed by atoms with Gasteiger partial charge in [0.25, 0.3) is 0 Å². The smallest absolute Gasteiger partial charge is 0.330 e. The molecule has 0 aliphatic rings. The maximum absolute atomic E-state index is 13.8. The molecular weight excluding hydrogens is 343 g/mol. The molecule has 1 aromatic heterocycles. The predicted molar refractivity (Wildman–Crippen MR) is 79.3 cm³/mol. The molecule has 8 heteroatoms. The Balaban J connectivity index is 2.29. The molecule has 0 aliphatic carbocycles. The maximum Gasteiger partial charge on any atom is 0.330 e. The molecule has 1 N–H and O–H groups in total. The molecule has 0 saturated carbocycles. The Bertz CT molecular complexity index is 603. The summed E-state index contributed by atoms with van der Waals surface area (Å²) >= 11 is 3.18. The largest absolute Gasteiger partial charge is 0.464 e. The number of benzene rings is 1. The van der Waals surface area contributed by atoms with Gasteiger partial charge in [0.2, 0.25) is 5.95 Å². The quantitative estimate of drug-likeness (QED) is 0.855. The second-order valence-electron chi connectivity index (χ2n) is 3.86. The third kappa shape index (κ3) is 4.25. The fraction of sp³-hybridized carbons (Fsp3) is 0.308. The van der Waals surface area contributed by atoms with E-state index in [-0.39, 0.29) is 17.8 Å². The van der Waals surface area contributed by atoms with Crippen molar-refractivity contribution in [1.82, 2.24) is 15.0 Å². The lowest BCUT2D eigenvalue weighted by atomic mass is 10.3. The van der Waals surface area contributed by atoms with Crippen molar-refractivity contribution in [3.8, 4) is 17.8 Å². The summed E-state index contributed by atoms with van der Waals surface area (Å²) in [5.41, 5.74) is 0. The van der Waals surface area contributed by atoms with Crippen LogP contribution in [0.15, 0.2) is 22.7 Å². The zero-order chi connectivity index (χ0) is 15.2. The van der Waals surface area contributed by atoms with Crippen LogP contribution < -0.4 is 14.8 Å². The molecule has 0 unspecified atom stereocenters. The highest BCUT2D eigenvalue weighted by Gasteiger charge is 2.11. The summed E-state index contributed by atoms with van der Waals surface area (Å²) in [5, 5.41) is 2.93. The van der Waals surface area contributed by atoms with Crippen molar-refractivity contribution >= 4 is 21.9 Å². The van der Waals surface area contributed by atoms with Gasteiger partial charge in [0.05, 0.1) is 6.61 Å².